The van der Waals surface area contributed by atoms with Gasteiger partial charge in [-0.2, -0.15) is 5.26 Å². The first-order valence-corrected chi connectivity index (χ1v) is 6.64. The molecule has 0 aliphatic rings. The minimum Gasteiger partial charge on any atom is -0.312 e. The van der Waals surface area contributed by atoms with Crippen molar-refractivity contribution < 1.29 is 4.39 Å². The number of hydrogen-bond donors (Lipinski definition) is 1. The highest BCUT2D eigenvalue weighted by atomic mass is 19.1. The smallest absolute Gasteiger partial charge is 0.123 e. The largest absolute Gasteiger partial charge is 0.312 e. The van der Waals surface area contributed by atoms with E-state index in [0.717, 1.165) is 36.2 Å². The molecule has 0 saturated heterocycles. The van der Waals surface area contributed by atoms with Gasteiger partial charge in [0.05, 0.1) is 11.6 Å². The second-order valence-electron chi connectivity index (χ2n) is 4.81. The van der Waals surface area contributed by atoms with Gasteiger partial charge < -0.3 is 5.32 Å². The summed E-state index contributed by atoms with van der Waals surface area (Å²) in [5, 5.41) is 12.2. The number of hydrogen-bond acceptors (Lipinski definition) is 2. The van der Waals surface area contributed by atoms with Gasteiger partial charge in [0, 0.05) is 6.54 Å². The lowest BCUT2D eigenvalue weighted by Gasteiger charge is -2.08. The van der Waals surface area contributed by atoms with Crippen LogP contribution in [-0.4, -0.2) is 6.54 Å². The first kappa shape index (κ1) is 14.2. The molecule has 0 spiro atoms. The minimum absolute atomic E-state index is 0.187. The molecule has 102 valence electrons. The van der Waals surface area contributed by atoms with Gasteiger partial charge in [-0.15, -0.1) is 0 Å². The number of nitrogens with one attached hydrogen (secondary N) is 1. The third-order valence-electron chi connectivity index (χ3n) is 3.26. The molecule has 2 nitrogen and oxygen atoms in total. The monoisotopic (exact) mass is 268 g/mol. The lowest BCUT2D eigenvalue weighted by atomic mass is 10.1. The van der Waals surface area contributed by atoms with E-state index in [1.54, 1.807) is 12.1 Å². The number of rotatable bonds is 5. The Hall–Kier alpha value is -2.18. The number of benzene rings is 2. The maximum absolute atomic E-state index is 13.0. The standard InChI is InChI=1S/C17H17FN2/c1-13-9-17(18)6-5-16(13)7-8-20-12-15-4-2-3-14(10-15)11-19/h2-6,9-10,20H,7-8,12H2,1H3. The van der Waals surface area contributed by atoms with Crippen LogP contribution in [0, 0.1) is 24.1 Å². The summed E-state index contributed by atoms with van der Waals surface area (Å²) >= 11 is 0. The molecule has 0 aliphatic carbocycles. The molecule has 0 bridgehead atoms. The number of halogens is 1. The Morgan fingerprint density at radius 1 is 1.20 bits per heavy atom. The summed E-state index contributed by atoms with van der Waals surface area (Å²) in [4.78, 5) is 0. The van der Waals surface area contributed by atoms with E-state index in [1.807, 2.05) is 31.2 Å². The van der Waals surface area contributed by atoms with Crippen molar-refractivity contribution in [3.63, 3.8) is 0 Å². The van der Waals surface area contributed by atoms with E-state index in [0.29, 0.717) is 5.56 Å². The normalized spacial score (nSPS) is 10.2. The highest BCUT2D eigenvalue weighted by Gasteiger charge is 2.00. The van der Waals surface area contributed by atoms with Gasteiger partial charge in [0.15, 0.2) is 0 Å². The second kappa shape index (κ2) is 6.83. The quantitative estimate of drug-likeness (QED) is 0.844. The highest BCUT2D eigenvalue weighted by Crippen LogP contribution is 2.10. The van der Waals surface area contributed by atoms with Gasteiger partial charge in [0.25, 0.3) is 0 Å². The summed E-state index contributed by atoms with van der Waals surface area (Å²) < 4.78 is 13.0. The molecular formula is C17H17FN2. The van der Waals surface area contributed by atoms with Crippen LogP contribution in [0.25, 0.3) is 0 Å². The average molecular weight is 268 g/mol. The molecule has 0 aromatic heterocycles. The lowest BCUT2D eigenvalue weighted by molar-refractivity contribution is 0.624. The van der Waals surface area contributed by atoms with Crippen LogP contribution in [0.5, 0.6) is 0 Å². The Morgan fingerprint density at radius 2 is 2.05 bits per heavy atom. The molecule has 2 aromatic carbocycles. The molecule has 0 atom stereocenters. The minimum atomic E-state index is -0.187. The van der Waals surface area contributed by atoms with Crippen LogP contribution in [0.15, 0.2) is 42.5 Å². The van der Waals surface area contributed by atoms with Gasteiger partial charge >= 0.3 is 0 Å². The Morgan fingerprint density at radius 3 is 2.80 bits per heavy atom. The Bertz CT molecular complexity index is 629. The zero-order chi connectivity index (χ0) is 14.4. The number of nitriles is 1. The van der Waals surface area contributed by atoms with Crippen molar-refractivity contribution >= 4 is 0 Å². The summed E-state index contributed by atoms with van der Waals surface area (Å²) in [7, 11) is 0. The first-order valence-electron chi connectivity index (χ1n) is 6.64. The molecular weight excluding hydrogens is 251 g/mol. The first-order chi connectivity index (χ1) is 9.69. The third-order valence-corrected chi connectivity index (χ3v) is 3.26. The van der Waals surface area contributed by atoms with Crippen molar-refractivity contribution in [2.24, 2.45) is 0 Å². The van der Waals surface area contributed by atoms with Crippen LogP contribution in [0.3, 0.4) is 0 Å². The van der Waals surface area contributed by atoms with Crippen LogP contribution in [0.2, 0.25) is 0 Å². The summed E-state index contributed by atoms with van der Waals surface area (Å²) in [5.41, 5.74) is 3.92. The van der Waals surface area contributed by atoms with Gasteiger partial charge in [0.1, 0.15) is 5.82 Å². The average Bonchev–Trinajstić information content (AvgIpc) is 2.45. The van der Waals surface area contributed by atoms with Crippen LogP contribution in [-0.2, 0) is 13.0 Å². The van der Waals surface area contributed by atoms with Crippen molar-refractivity contribution in [3.05, 3.63) is 70.5 Å². The molecule has 0 saturated carbocycles. The molecule has 0 radical (unpaired) electrons. The number of aryl methyl sites for hydroxylation is 1. The molecule has 0 fully saturated rings. The van der Waals surface area contributed by atoms with E-state index in [1.165, 1.54) is 6.07 Å². The third kappa shape index (κ3) is 3.91. The van der Waals surface area contributed by atoms with Gasteiger partial charge in [-0.25, -0.2) is 4.39 Å². The molecule has 0 unspecified atom stereocenters. The molecule has 1 N–H and O–H groups in total. The fraction of sp³-hybridized carbons (Fsp3) is 0.235. The second-order valence-corrected chi connectivity index (χ2v) is 4.81. The molecule has 2 aromatic rings. The zero-order valence-electron chi connectivity index (χ0n) is 11.5. The fourth-order valence-corrected chi connectivity index (χ4v) is 2.15. The molecule has 0 heterocycles. The van der Waals surface area contributed by atoms with Crippen LogP contribution in [0.1, 0.15) is 22.3 Å². The fourth-order valence-electron chi connectivity index (χ4n) is 2.15. The van der Waals surface area contributed by atoms with E-state index in [-0.39, 0.29) is 5.82 Å². The van der Waals surface area contributed by atoms with Gasteiger partial charge in [-0.1, -0.05) is 18.2 Å². The van der Waals surface area contributed by atoms with Crippen molar-refractivity contribution in [1.82, 2.24) is 5.32 Å². The van der Waals surface area contributed by atoms with Crippen molar-refractivity contribution in [2.75, 3.05) is 6.54 Å². The maximum atomic E-state index is 13.0. The highest BCUT2D eigenvalue weighted by molar-refractivity contribution is 5.32. The Labute approximate surface area is 118 Å². The van der Waals surface area contributed by atoms with Crippen molar-refractivity contribution in [1.29, 1.82) is 5.26 Å². The van der Waals surface area contributed by atoms with E-state index >= 15 is 0 Å². The molecule has 3 heteroatoms. The topological polar surface area (TPSA) is 35.8 Å². The van der Waals surface area contributed by atoms with E-state index in [9.17, 15) is 4.39 Å². The van der Waals surface area contributed by atoms with Crippen molar-refractivity contribution in [3.8, 4) is 6.07 Å². The van der Waals surface area contributed by atoms with Crippen molar-refractivity contribution in [2.45, 2.75) is 19.9 Å². The van der Waals surface area contributed by atoms with Crippen LogP contribution >= 0.6 is 0 Å². The van der Waals surface area contributed by atoms with E-state index in [2.05, 4.69) is 11.4 Å². The summed E-state index contributed by atoms with van der Waals surface area (Å²) in [6.45, 7) is 3.48. The molecule has 0 aliphatic heterocycles. The van der Waals surface area contributed by atoms with E-state index in [4.69, 9.17) is 5.26 Å². The SMILES string of the molecule is Cc1cc(F)ccc1CCNCc1cccc(C#N)c1. The maximum Gasteiger partial charge on any atom is 0.123 e. The molecule has 20 heavy (non-hydrogen) atoms. The lowest BCUT2D eigenvalue weighted by Crippen LogP contribution is -2.17. The Balaban J connectivity index is 1.83. The summed E-state index contributed by atoms with van der Waals surface area (Å²) in [6.07, 6.45) is 0.865. The van der Waals surface area contributed by atoms with Gasteiger partial charge in [-0.3, -0.25) is 0 Å². The Kier molecular flexibility index (Phi) is 4.86. The van der Waals surface area contributed by atoms with Gasteiger partial charge in [-0.05, 0) is 60.8 Å². The predicted octanol–water partition coefficient (Wildman–Crippen LogP) is 3.34. The van der Waals surface area contributed by atoms with Crippen LogP contribution < -0.4 is 5.32 Å². The van der Waals surface area contributed by atoms with E-state index < -0.39 is 0 Å². The van der Waals surface area contributed by atoms with Gasteiger partial charge in [0.2, 0.25) is 0 Å². The molecule has 0 amide bonds. The summed E-state index contributed by atoms with van der Waals surface area (Å²) in [5.74, 6) is -0.187. The predicted molar refractivity (Wildman–Crippen MR) is 77.7 cm³/mol. The molecule has 2 rings (SSSR count). The summed E-state index contributed by atoms with van der Waals surface area (Å²) in [6, 6.07) is 14.6. The van der Waals surface area contributed by atoms with Crippen LogP contribution in [0.4, 0.5) is 4.39 Å². The zero-order valence-corrected chi connectivity index (χ0v) is 11.5. The number of nitrogens with zero attached hydrogens (tertiary/aromatic N) is 1.